The molecule has 0 heterocycles. The molecule has 0 amide bonds. The zero-order valence-corrected chi connectivity index (χ0v) is 32.4. The minimum absolute atomic E-state index is 0. The van der Waals surface area contributed by atoms with Crippen LogP contribution < -0.4 is 0 Å². The summed E-state index contributed by atoms with van der Waals surface area (Å²) in [5.74, 6) is -0.625. The van der Waals surface area contributed by atoms with Crippen molar-refractivity contribution >= 4 is 34.7 Å². The van der Waals surface area contributed by atoms with E-state index in [9.17, 15) is 28.8 Å². The van der Waals surface area contributed by atoms with E-state index in [1.165, 1.54) is 19.3 Å². The number of hydrogen-bond donors (Lipinski definition) is 0. The summed E-state index contributed by atoms with van der Waals surface area (Å²) in [6.07, 6.45) is 3.67. The summed E-state index contributed by atoms with van der Waals surface area (Å²) in [4.78, 5) is 68.7. The predicted molar refractivity (Wildman–Crippen MR) is 160 cm³/mol. The Morgan fingerprint density at radius 1 is 0.275 bits per heavy atom. The average Bonchev–Trinajstić information content (AvgIpc) is 2.64. The molecule has 0 atom stereocenters. The van der Waals surface area contributed by atoms with E-state index in [4.69, 9.17) is 0 Å². The van der Waals surface area contributed by atoms with E-state index in [0.29, 0.717) is 0 Å². The number of Topliss-reactive ketones (excluding diaryl/α,β-unsaturated/α-hetero) is 6. The van der Waals surface area contributed by atoms with E-state index in [0.717, 1.165) is 0 Å². The van der Waals surface area contributed by atoms with Gasteiger partial charge in [-0.25, -0.2) is 0 Å². The third kappa shape index (κ3) is 21.6. The van der Waals surface area contributed by atoms with E-state index in [-0.39, 0.29) is 70.3 Å². The van der Waals surface area contributed by atoms with E-state index in [1.54, 1.807) is 0 Å². The van der Waals surface area contributed by atoms with Gasteiger partial charge in [0.15, 0.2) is 0 Å². The molecule has 0 aromatic heterocycles. The van der Waals surface area contributed by atoms with Gasteiger partial charge in [0.1, 0.15) is 0 Å². The zero-order chi connectivity index (χ0) is 32.6. The number of carbonyl (C=O) groups excluding carboxylic acids is 6. The maximum absolute atomic E-state index is 11.4. The molecule has 0 N–H and O–H groups in total. The van der Waals surface area contributed by atoms with Crippen LogP contribution in [0.1, 0.15) is 125 Å². The first-order chi connectivity index (χ1) is 16.6. The van der Waals surface area contributed by atoms with Crippen LogP contribution in [0.3, 0.4) is 0 Å². The summed E-state index contributed by atoms with van der Waals surface area (Å²) >= 11 is 0. The van der Waals surface area contributed by atoms with Gasteiger partial charge in [0.05, 0.1) is 0 Å². The van der Waals surface area contributed by atoms with Crippen LogP contribution in [-0.4, -0.2) is 34.7 Å². The van der Waals surface area contributed by atoms with Crippen molar-refractivity contribution in [2.75, 3.05) is 0 Å². The minimum Gasteiger partial charge on any atom is -0.333 e. The molecule has 0 rings (SSSR count). The van der Waals surface area contributed by atoms with Crippen LogP contribution in [0.25, 0.3) is 0 Å². The Bertz CT molecular complexity index is 693. The Morgan fingerprint density at radius 2 is 0.350 bits per heavy atom. The number of ketones is 6. The van der Waals surface area contributed by atoms with Gasteiger partial charge >= 0.3 is 35.6 Å². The number of rotatable bonds is 6. The summed E-state index contributed by atoms with van der Waals surface area (Å²) in [6.45, 7) is 32.5. The molecule has 6 nitrogen and oxygen atoms in total. The molecule has 0 aromatic rings. The molecule has 0 saturated heterocycles. The maximum atomic E-state index is 11.4. The third-order valence-corrected chi connectivity index (χ3v) is 5.22. The summed E-state index contributed by atoms with van der Waals surface area (Å²) < 4.78 is 0. The predicted octanol–water partition coefficient (Wildman–Crippen LogP) is 7.26. The summed E-state index contributed by atoms with van der Waals surface area (Å²) in [7, 11) is 0. The van der Waals surface area contributed by atoms with Gasteiger partial charge in [0.2, 0.25) is 0 Å². The van der Waals surface area contributed by atoms with E-state index >= 15 is 0 Å². The van der Waals surface area contributed by atoms with Crippen LogP contribution in [0.4, 0.5) is 0 Å². The SMILES string of the molecule is CC(C)(C)C(=O)[CH-]C(=O)C(C)(C)C.CC(C)(C)C(=O)[CH-]C(=O)C(C)(C)C.CC(C)(C)C(=O)[CH-]C(=O)C(C)(C)C.[La+3]. The standard InChI is InChI=1S/3C11H19O2.La/c3*1-10(2,3)8(12)7-9(13)11(4,5)6;/h3*7H,1-6H3;/q3*-1;+3. The molecule has 0 radical (unpaired) electrons. The van der Waals surface area contributed by atoms with Gasteiger partial charge in [-0.3, -0.25) is 19.3 Å². The summed E-state index contributed by atoms with van der Waals surface area (Å²) in [6, 6.07) is 0. The van der Waals surface area contributed by atoms with Crippen LogP contribution in [0.15, 0.2) is 0 Å². The van der Waals surface area contributed by atoms with Crippen molar-refractivity contribution < 1.29 is 64.4 Å². The molecule has 7 heteroatoms. The molecular formula is C33H57LaO6. The Kier molecular flexibility index (Phi) is 18.8. The first-order valence-electron chi connectivity index (χ1n) is 13.5. The smallest absolute Gasteiger partial charge is 0.333 e. The van der Waals surface area contributed by atoms with Crippen LogP contribution in [0, 0.1) is 87.4 Å². The van der Waals surface area contributed by atoms with Gasteiger partial charge in [0.25, 0.3) is 0 Å². The molecular weight excluding hydrogens is 631 g/mol. The third-order valence-electron chi connectivity index (χ3n) is 5.22. The fourth-order valence-corrected chi connectivity index (χ4v) is 1.66. The van der Waals surface area contributed by atoms with Gasteiger partial charge in [0, 0.05) is 34.7 Å². The molecule has 0 aliphatic carbocycles. The Labute approximate surface area is 274 Å². The number of carbonyl (C=O) groups is 6. The molecule has 0 aliphatic rings. The van der Waals surface area contributed by atoms with Crippen molar-refractivity contribution in [1.82, 2.24) is 0 Å². The first-order valence-corrected chi connectivity index (χ1v) is 13.5. The van der Waals surface area contributed by atoms with Crippen molar-refractivity contribution in [2.24, 2.45) is 32.5 Å². The summed E-state index contributed by atoms with van der Waals surface area (Å²) in [5, 5.41) is 0. The molecule has 228 valence electrons. The van der Waals surface area contributed by atoms with E-state index < -0.39 is 32.5 Å². The Morgan fingerprint density at radius 3 is 0.400 bits per heavy atom. The van der Waals surface area contributed by atoms with Gasteiger partial charge < -0.3 is 28.8 Å². The maximum Gasteiger partial charge on any atom is 3.00 e. The fraction of sp³-hybridized carbons (Fsp3) is 0.727. The fourth-order valence-electron chi connectivity index (χ4n) is 1.66. The Balaban J connectivity index is -0.000000240. The average molecular weight is 689 g/mol. The molecule has 0 aromatic carbocycles. The second-order valence-electron chi connectivity index (χ2n) is 16.1. The van der Waals surface area contributed by atoms with Gasteiger partial charge in [-0.1, -0.05) is 125 Å². The zero-order valence-electron chi connectivity index (χ0n) is 28.8. The Hall–Kier alpha value is -1.18. The van der Waals surface area contributed by atoms with Crippen molar-refractivity contribution in [2.45, 2.75) is 125 Å². The molecule has 0 saturated carbocycles. The molecule has 0 unspecified atom stereocenters. The van der Waals surface area contributed by atoms with Crippen LogP contribution in [0.2, 0.25) is 0 Å². The molecule has 0 bridgehead atoms. The molecule has 0 aliphatic heterocycles. The van der Waals surface area contributed by atoms with Crippen LogP contribution >= 0.6 is 0 Å². The van der Waals surface area contributed by atoms with Crippen molar-refractivity contribution in [3.63, 3.8) is 0 Å². The van der Waals surface area contributed by atoms with E-state index in [1.807, 2.05) is 125 Å². The van der Waals surface area contributed by atoms with Crippen molar-refractivity contribution in [3.05, 3.63) is 19.3 Å². The molecule has 40 heavy (non-hydrogen) atoms. The van der Waals surface area contributed by atoms with Crippen LogP contribution in [0.5, 0.6) is 0 Å². The normalized spacial score (nSPS) is 12.2. The number of hydrogen-bond acceptors (Lipinski definition) is 6. The van der Waals surface area contributed by atoms with Gasteiger partial charge in [-0.05, 0) is 32.5 Å². The quantitative estimate of drug-likeness (QED) is 0.215. The van der Waals surface area contributed by atoms with Gasteiger partial charge in [-0.2, -0.15) is 0 Å². The molecule has 0 fully saturated rings. The second kappa shape index (κ2) is 16.5. The van der Waals surface area contributed by atoms with Gasteiger partial charge in [-0.15, -0.1) is 0 Å². The largest absolute Gasteiger partial charge is 3.00 e. The van der Waals surface area contributed by atoms with Crippen molar-refractivity contribution in [3.8, 4) is 0 Å². The van der Waals surface area contributed by atoms with Crippen molar-refractivity contribution in [1.29, 1.82) is 0 Å². The first kappa shape index (κ1) is 45.8. The van der Waals surface area contributed by atoms with Crippen LogP contribution in [-0.2, 0) is 28.8 Å². The molecule has 0 spiro atoms. The monoisotopic (exact) mass is 688 g/mol. The topological polar surface area (TPSA) is 102 Å². The van der Waals surface area contributed by atoms with E-state index in [2.05, 4.69) is 0 Å². The second-order valence-corrected chi connectivity index (χ2v) is 16.1. The summed E-state index contributed by atoms with van der Waals surface area (Å²) in [5.41, 5.74) is -2.74. The minimum atomic E-state index is -0.457.